The number of rotatable bonds is 4. The lowest BCUT2D eigenvalue weighted by Crippen LogP contribution is -2.37. The van der Waals surface area contributed by atoms with Crippen molar-refractivity contribution in [3.8, 4) is 0 Å². The molecule has 0 aliphatic heterocycles. The van der Waals surface area contributed by atoms with Gasteiger partial charge in [0.2, 0.25) is 0 Å². The van der Waals surface area contributed by atoms with Gasteiger partial charge in [-0.3, -0.25) is 0 Å². The van der Waals surface area contributed by atoms with E-state index in [-0.39, 0.29) is 6.54 Å². The lowest BCUT2D eigenvalue weighted by Gasteiger charge is -2.20. The highest BCUT2D eigenvalue weighted by Crippen LogP contribution is 2.21. The molecular weight excluding hydrogens is 231 g/mol. The summed E-state index contributed by atoms with van der Waals surface area (Å²) in [4.78, 5) is 2.73. The molecule has 0 saturated heterocycles. The van der Waals surface area contributed by atoms with Gasteiger partial charge >= 0.3 is 7.12 Å². The highest BCUT2D eigenvalue weighted by Gasteiger charge is 2.23. The van der Waals surface area contributed by atoms with Crippen LogP contribution in [0.1, 0.15) is 27.8 Å². The molecule has 1 rings (SSSR count). The third-order valence-corrected chi connectivity index (χ3v) is 3.37. The van der Waals surface area contributed by atoms with Crippen molar-refractivity contribution in [1.29, 1.82) is 0 Å². The van der Waals surface area contributed by atoms with Gasteiger partial charge < -0.3 is 15.8 Å². The van der Waals surface area contributed by atoms with Crippen LogP contribution in [0.3, 0.4) is 0 Å². The maximum atomic E-state index is 9.46. The molecule has 7 heteroatoms. The monoisotopic (exact) mass is 248 g/mol. The Morgan fingerprint density at radius 1 is 1.17 bits per heavy atom. The molecule has 96 valence electrons. The van der Waals surface area contributed by atoms with Crippen LogP contribution in [0.4, 0.5) is 0 Å². The van der Waals surface area contributed by atoms with E-state index in [0.29, 0.717) is 12.0 Å². The third kappa shape index (κ3) is 2.49. The molecule has 0 aliphatic rings. The van der Waals surface area contributed by atoms with Crippen LogP contribution in [0, 0.1) is 20.8 Å². The summed E-state index contributed by atoms with van der Waals surface area (Å²) >= 11 is 0. The molecule has 1 aromatic rings. The van der Waals surface area contributed by atoms with E-state index in [1.54, 1.807) is 6.92 Å². The van der Waals surface area contributed by atoms with Gasteiger partial charge in [-0.2, -0.15) is 0 Å². The first-order valence-corrected chi connectivity index (χ1v) is 5.64. The van der Waals surface area contributed by atoms with E-state index in [2.05, 4.69) is 10.0 Å². The largest absolute Gasteiger partial charge is 0.488 e. The molecule has 0 amide bonds. The van der Waals surface area contributed by atoms with E-state index < -0.39 is 7.12 Å². The van der Waals surface area contributed by atoms with Crippen LogP contribution >= 0.6 is 0 Å². The fourth-order valence-electron chi connectivity index (χ4n) is 2.38. The fraction of sp³-hybridized carbons (Fsp3) is 0.455. The Bertz CT molecular complexity index is 511. The van der Waals surface area contributed by atoms with Gasteiger partial charge in [0.05, 0.1) is 6.54 Å². The van der Waals surface area contributed by atoms with Gasteiger partial charge in [-0.15, -0.1) is 0 Å². The smallest absolute Gasteiger partial charge is 0.423 e. The Balaban J connectivity index is 3.60. The maximum absolute atomic E-state index is 9.46. The van der Waals surface area contributed by atoms with Crippen molar-refractivity contribution < 1.29 is 10.0 Å². The van der Waals surface area contributed by atoms with E-state index in [4.69, 9.17) is 11.3 Å². The highest BCUT2D eigenvalue weighted by molar-refractivity contribution is 6.59. The molecule has 0 spiro atoms. The fourth-order valence-corrected chi connectivity index (χ4v) is 2.38. The van der Waals surface area contributed by atoms with E-state index >= 15 is 0 Å². The summed E-state index contributed by atoms with van der Waals surface area (Å²) in [5.41, 5.74) is 18.7. The second-order valence-corrected chi connectivity index (χ2v) is 4.21. The minimum atomic E-state index is -1.55. The van der Waals surface area contributed by atoms with Crippen molar-refractivity contribution in [2.45, 2.75) is 33.9 Å². The molecule has 4 N–H and O–H groups in total. The van der Waals surface area contributed by atoms with Gasteiger partial charge in [-0.1, -0.05) is 5.11 Å². The summed E-state index contributed by atoms with van der Waals surface area (Å²) in [6.45, 7) is 5.99. The zero-order chi connectivity index (χ0) is 13.9. The topological polar surface area (TPSA) is 115 Å². The molecule has 6 nitrogen and oxygen atoms in total. The van der Waals surface area contributed by atoms with Gasteiger partial charge in [0.15, 0.2) is 0 Å². The molecule has 0 unspecified atom stereocenters. The number of hydrogen-bond acceptors (Lipinski definition) is 4. The quantitative estimate of drug-likeness (QED) is 0.313. The predicted octanol–water partition coefficient (Wildman–Crippen LogP) is 0.561. The predicted molar refractivity (Wildman–Crippen MR) is 71.2 cm³/mol. The molecule has 0 atom stereocenters. The van der Waals surface area contributed by atoms with Crippen LogP contribution in [0.25, 0.3) is 10.4 Å². The maximum Gasteiger partial charge on any atom is 0.488 e. The van der Waals surface area contributed by atoms with Crippen molar-refractivity contribution in [3.05, 3.63) is 38.3 Å². The van der Waals surface area contributed by atoms with Crippen LogP contribution < -0.4 is 11.2 Å². The molecule has 0 aromatic heterocycles. The van der Waals surface area contributed by atoms with Gasteiger partial charge in [0, 0.05) is 11.5 Å². The summed E-state index contributed by atoms with van der Waals surface area (Å²) in [5.74, 6) is 0. The molecule has 18 heavy (non-hydrogen) atoms. The molecule has 0 saturated carbocycles. The van der Waals surface area contributed by atoms with Crippen LogP contribution in [0.15, 0.2) is 5.11 Å². The lowest BCUT2D eigenvalue weighted by atomic mass is 9.70. The number of benzene rings is 1. The Hall–Kier alpha value is -1.53. The first-order chi connectivity index (χ1) is 8.45. The van der Waals surface area contributed by atoms with Gasteiger partial charge in [0.1, 0.15) is 0 Å². The number of azide groups is 1. The normalized spacial score (nSPS) is 10.1. The van der Waals surface area contributed by atoms with Crippen molar-refractivity contribution >= 4 is 12.6 Å². The zero-order valence-corrected chi connectivity index (χ0v) is 10.8. The molecule has 0 radical (unpaired) electrons. The van der Waals surface area contributed by atoms with Gasteiger partial charge in [-0.25, -0.2) is 0 Å². The van der Waals surface area contributed by atoms with Gasteiger partial charge in [0.25, 0.3) is 0 Å². The average Bonchev–Trinajstić information content (AvgIpc) is 2.28. The van der Waals surface area contributed by atoms with Crippen LogP contribution in [0.5, 0.6) is 0 Å². The number of nitrogens with two attached hydrogens (primary N) is 1. The Kier molecular flexibility index (Phi) is 4.75. The van der Waals surface area contributed by atoms with E-state index in [1.807, 2.05) is 13.8 Å². The molecule has 0 aliphatic carbocycles. The van der Waals surface area contributed by atoms with E-state index in [1.165, 1.54) is 0 Å². The number of nitrogens with zero attached hydrogens (tertiary/aromatic N) is 3. The first kappa shape index (κ1) is 14.5. The van der Waals surface area contributed by atoms with Crippen molar-refractivity contribution in [3.63, 3.8) is 0 Å². The molecule has 0 fully saturated rings. The van der Waals surface area contributed by atoms with Crippen LogP contribution in [0.2, 0.25) is 0 Å². The molecule has 0 heterocycles. The summed E-state index contributed by atoms with van der Waals surface area (Å²) in [5, 5.41) is 22.5. The Morgan fingerprint density at radius 3 is 2.17 bits per heavy atom. The Morgan fingerprint density at radius 2 is 1.72 bits per heavy atom. The van der Waals surface area contributed by atoms with Gasteiger partial charge in [-0.05, 0) is 59.6 Å². The standard InChI is InChI=1S/C11H17BN4O2/c1-6-9(4-13)7(2)11(12(17)18)8(3)10(6)5-15-16-14/h17-18H,4-5,13H2,1-3H3. The van der Waals surface area contributed by atoms with Crippen LogP contribution in [-0.4, -0.2) is 17.2 Å². The molecule has 1 aromatic carbocycles. The number of hydrogen-bond donors (Lipinski definition) is 3. The summed E-state index contributed by atoms with van der Waals surface area (Å²) in [6.07, 6.45) is 0. The highest BCUT2D eigenvalue weighted by atomic mass is 16.4. The lowest BCUT2D eigenvalue weighted by molar-refractivity contribution is 0.425. The van der Waals surface area contributed by atoms with Crippen LogP contribution in [-0.2, 0) is 13.1 Å². The third-order valence-electron chi connectivity index (χ3n) is 3.37. The van der Waals surface area contributed by atoms with E-state index in [0.717, 1.165) is 27.8 Å². The summed E-state index contributed by atoms with van der Waals surface area (Å²) in [7, 11) is -1.55. The molecular formula is C11H17BN4O2. The minimum Gasteiger partial charge on any atom is -0.423 e. The first-order valence-electron chi connectivity index (χ1n) is 5.64. The second kappa shape index (κ2) is 5.88. The van der Waals surface area contributed by atoms with Crippen molar-refractivity contribution in [1.82, 2.24) is 0 Å². The zero-order valence-electron chi connectivity index (χ0n) is 10.8. The molecule has 0 bridgehead atoms. The SMILES string of the molecule is Cc1c(CN)c(C)c(B(O)O)c(C)c1CN=[N+]=[N-]. The average molecular weight is 248 g/mol. The summed E-state index contributed by atoms with van der Waals surface area (Å²) in [6, 6.07) is 0. The summed E-state index contributed by atoms with van der Waals surface area (Å²) < 4.78 is 0. The second-order valence-electron chi connectivity index (χ2n) is 4.21. The van der Waals surface area contributed by atoms with Crippen molar-refractivity contribution in [2.75, 3.05) is 0 Å². The van der Waals surface area contributed by atoms with E-state index in [9.17, 15) is 10.0 Å². The minimum absolute atomic E-state index is 0.182. The Labute approximate surface area is 106 Å². The van der Waals surface area contributed by atoms with Crippen molar-refractivity contribution in [2.24, 2.45) is 10.8 Å².